The average molecular weight is 340 g/mol. The van der Waals surface area contributed by atoms with E-state index >= 15 is 0 Å². The van der Waals surface area contributed by atoms with Crippen LogP contribution in [0.15, 0.2) is 28.7 Å². The van der Waals surface area contributed by atoms with Crippen LogP contribution in [0.4, 0.5) is 0 Å². The second-order valence-electron chi connectivity index (χ2n) is 6.12. The van der Waals surface area contributed by atoms with Crippen LogP contribution in [0.5, 0.6) is 0 Å². The van der Waals surface area contributed by atoms with Crippen molar-refractivity contribution in [1.82, 2.24) is 9.80 Å². The van der Waals surface area contributed by atoms with Crippen molar-refractivity contribution in [2.45, 2.75) is 37.9 Å². The van der Waals surface area contributed by atoms with Crippen molar-refractivity contribution in [3.8, 4) is 0 Å². The Hall–Kier alpha value is -0.420. The van der Waals surface area contributed by atoms with Gasteiger partial charge in [-0.1, -0.05) is 34.1 Å². The fourth-order valence-corrected chi connectivity index (χ4v) is 3.84. The van der Waals surface area contributed by atoms with Crippen LogP contribution in [0.1, 0.15) is 31.4 Å². The first-order chi connectivity index (χ1) is 9.50. The van der Waals surface area contributed by atoms with Gasteiger partial charge >= 0.3 is 0 Å². The molecule has 4 heteroatoms. The van der Waals surface area contributed by atoms with E-state index in [9.17, 15) is 0 Å². The van der Waals surface area contributed by atoms with E-state index in [4.69, 9.17) is 5.73 Å². The maximum absolute atomic E-state index is 6.33. The number of halogens is 1. The fraction of sp³-hybridized carbons (Fsp3) is 0.625. The van der Waals surface area contributed by atoms with Crippen LogP contribution in [-0.2, 0) is 0 Å². The quantitative estimate of drug-likeness (QED) is 0.895. The molecule has 2 N–H and O–H groups in total. The number of benzene rings is 1. The Morgan fingerprint density at radius 1 is 1.40 bits per heavy atom. The molecule has 2 rings (SSSR count). The van der Waals surface area contributed by atoms with Gasteiger partial charge in [-0.15, -0.1) is 0 Å². The number of hydrogen-bond acceptors (Lipinski definition) is 3. The Labute approximate surface area is 131 Å². The predicted octanol–water partition coefficient (Wildman–Crippen LogP) is 2.86. The molecule has 3 atom stereocenters. The fourth-order valence-electron chi connectivity index (χ4n) is 3.32. The second kappa shape index (κ2) is 7.03. The zero-order valence-corrected chi connectivity index (χ0v) is 14.3. The number of nitrogens with zero attached hydrogens (tertiary/aromatic N) is 2. The summed E-state index contributed by atoms with van der Waals surface area (Å²) in [6.45, 7) is 4.37. The minimum absolute atomic E-state index is 0.122. The Bertz CT molecular complexity index is 433. The third kappa shape index (κ3) is 3.61. The van der Waals surface area contributed by atoms with E-state index in [2.05, 4.69) is 71.0 Å². The Morgan fingerprint density at radius 2 is 2.10 bits per heavy atom. The van der Waals surface area contributed by atoms with Crippen LogP contribution in [0.25, 0.3) is 0 Å². The van der Waals surface area contributed by atoms with Crippen molar-refractivity contribution < 1.29 is 0 Å². The van der Waals surface area contributed by atoms with Gasteiger partial charge in [0, 0.05) is 23.1 Å². The van der Waals surface area contributed by atoms with E-state index < -0.39 is 0 Å². The maximum Gasteiger partial charge on any atom is 0.0511 e. The number of nitrogens with two attached hydrogens (primary N) is 1. The van der Waals surface area contributed by atoms with Crippen LogP contribution >= 0.6 is 15.9 Å². The average Bonchev–Trinajstić information content (AvgIpc) is 2.79. The number of likely N-dealkylation sites (N-methyl/N-ethyl adjacent to an activating group) is 1. The summed E-state index contributed by atoms with van der Waals surface area (Å²) in [6, 6.07) is 9.49. The molecular weight excluding hydrogens is 314 g/mol. The van der Waals surface area contributed by atoms with Gasteiger partial charge in [0.05, 0.1) is 6.04 Å². The molecule has 20 heavy (non-hydrogen) atoms. The van der Waals surface area contributed by atoms with Crippen LogP contribution in [-0.4, -0.2) is 49.1 Å². The molecule has 0 radical (unpaired) electrons. The Morgan fingerprint density at radius 3 is 2.70 bits per heavy atom. The summed E-state index contributed by atoms with van der Waals surface area (Å²) in [4.78, 5) is 4.88. The molecule has 112 valence electrons. The zero-order chi connectivity index (χ0) is 14.7. The van der Waals surface area contributed by atoms with Gasteiger partial charge in [0.15, 0.2) is 0 Å². The largest absolute Gasteiger partial charge is 0.326 e. The molecule has 1 saturated heterocycles. The van der Waals surface area contributed by atoms with Gasteiger partial charge in [0.1, 0.15) is 0 Å². The molecule has 0 aromatic heterocycles. The summed E-state index contributed by atoms with van der Waals surface area (Å²) in [5.74, 6) is 0. The first-order valence-corrected chi connectivity index (χ1v) is 8.20. The van der Waals surface area contributed by atoms with Crippen LogP contribution < -0.4 is 5.73 Å². The number of likely N-dealkylation sites (tertiary alicyclic amines) is 1. The molecule has 1 aliphatic heterocycles. The first kappa shape index (κ1) is 16.0. The Kier molecular flexibility index (Phi) is 5.61. The van der Waals surface area contributed by atoms with E-state index in [0.29, 0.717) is 6.04 Å². The van der Waals surface area contributed by atoms with Gasteiger partial charge in [0.25, 0.3) is 0 Å². The molecule has 1 aromatic rings. The molecule has 0 bridgehead atoms. The summed E-state index contributed by atoms with van der Waals surface area (Å²) in [6.07, 6.45) is 2.54. The lowest BCUT2D eigenvalue weighted by Gasteiger charge is -2.37. The van der Waals surface area contributed by atoms with Crippen molar-refractivity contribution >= 4 is 15.9 Å². The molecule has 1 heterocycles. The Balaban J connectivity index is 2.27. The lowest BCUT2D eigenvalue weighted by molar-refractivity contribution is 0.137. The van der Waals surface area contributed by atoms with Gasteiger partial charge in [-0.3, -0.25) is 4.90 Å². The highest BCUT2D eigenvalue weighted by Gasteiger charge is 2.34. The molecular formula is C16H26BrN3. The van der Waals surface area contributed by atoms with Gasteiger partial charge in [-0.25, -0.2) is 0 Å². The lowest BCUT2D eigenvalue weighted by Crippen LogP contribution is -2.45. The minimum Gasteiger partial charge on any atom is -0.326 e. The van der Waals surface area contributed by atoms with E-state index in [1.165, 1.54) is 18.4 Å². The molecule has 0 saturated carbocycles. The summed E-state index contributed by atoms with van der Waals surface area (Å²) >= 11 is 3.69. The monoisotopic (exact) mass is 339 g/mol. The molecule has 0 amide bonds. The summed E-state index contributed by atoms with van der Waals surface area (Å²) < 4.78 is 1.16. The number of hydrogen-bond donors (Lipinski definition) is 1. The highest BCUT2D eigenvalue weighted by Crippen LogP contribution is 2.35. The van der Waals surface area contributed by atoms with E-state index in [1.807, 2.05) is 0 Å². The summed E-state index contributed by atoms with van der Waals surface area (Å²) in [7, 11) is 4.30. The maximum atomic E-state index is 6.33. The first-order valence-electron chi connectivity index (χ1n) is 7.41. The van der Waals surface area contributed by atoms with Crippen LogP contribution in [0, 0.1) is 0 Å². The molecule has 1 aliphatic rings. The van der Waals surface area contributed by atoms with Gasteiger partial charge < -0.3 is 10.6 Å². The van der Waals surface area contributed by atoms with Gasteiger partial charge in [0.2, 0.25) is 0 Å². The van der Waals surface area contributed by atoms with Crippen molar-refractivity contribution in [1.29, 1.82) is 0 Å². The van der Waals surface area contributed by atoms with Crippen molar-refractivity contribution in [3.05, 3.63) is 34.3 Å². The topological polar surface area (TPSA) is 32.5 Å². The van der Waals surface area contributed by atoms with Crippen LogP contribution in [0.2, 0.25) is 0 Å². The number of rotatable bonds is 5. The molecule has 0 aliphatic carbocycles. The normalized spacial score (nSPS) is 23.2. The van der Waals surface area contributed by atoms with Crippen molar-refractivity contribution in [2.24, 2.45) is 5.73 Å². The molecule has 3 nitrogen and oxygen atoms in total. The smallest absolute Gasteiger partial charge is 0.0511 e. The van der Waals surface area contributed by atoms with Crippen molar-refractivity contribution in [3.63, 3.8) is 0 Å². The third-order valence-electron chi connectivity index (χ3n) is 4.08. The van der Waals surface area contributed by atoms with Crippen molar-refractivity contribution in [2.75, 3.05) is 27.2 Å². The summed E-state index contributed by atoms with van der Waals surface area (Å²) in [5.41, 5.74) is 7.65. The molecule has 3 unspecified atom stereocenters. The highest BCUT2D eigenvalue weighted by molar-refractivity contribution is 9.10. The highest BCUT2D eigenvalue weighted by atomic mass is 79.9. The van der Waals surface area contributed by atoms with E-state index in [1.54, 1.807) is 0 Å². The zero-order valence-electron chi connectivity index (χ0n) is 12.7. The molecule has 1 aromatic carbocycles. The van der Waals surface area contributed by atoms with Crippen LogP contribution in [0.3, 0.4) is 0 Å². The van der Waals surface area contributed by atoms with Gasteiger partial charge in [-0.05, 0) is 52.0 Å². The SMILES string of the molecule is CC(N)C(c1ccccc1Br)N1CCCC1CN(C)C. The summed E-state index contributed by atoms with van der Waals surface area (Å²) in [5, 5.41) is 0. The predicted molar refractivity (Wildman–Crippen MR) is 88.8 cm³/mol. The van der Waals surface area contributed by atoms with E-state index in [0.717, 1.165) is 17.6 Å². The minimum atomic E-state index is 0.122. The third-order valence-corrected chi connectivity index (χ3v) is 4.80. The molecule has 0 spiro atoms. The second-order valence-corrected chi connectivity index (χ2v) is 6.98. The lowest BCUT2D eigenvalue weighted by atomic mass is 9.98. The van der Waals surface area contributed by atoms with E-state index in [-0.39, 0.29) is 12.1 Å². The molecule has 1 fully saturated rings. The van der Waals surface area contributed by atoms with Gasteiger partial charge in [-0.2, -0.15) is 0 Å². The standard InChI is InChI=1S/C16H26BrN3/c1-12(18)16(14-8-4-5-9-15(14)17)20-10-6-7-13(20)11-19(2)3/h4-5,8-9,12-13,16H,6-7,10-11,18H2,1-3H3.